The summed E-state index contributed by atoms with van der Waals surface area (Å²) in [7, 11) is 1.54. The molecule has 104 valence electrons. The standard InChI is InChI=1S/C16H17NO3/c1-12(18)17-16(10-20-11-19-2)15-8-7-13-5-3-4-6-14(13)9-15/h3-10H,11H2,1-2H3,(H,17,18). The van der Waals surface area contributed by atoms with E-state index in [2.05, 4.69) is 5.32 Å². The summed E-state index contributed by atoms with van der Waals surface area (Å²) in [6.45, 7) is 1.60. The molecule has 2 aromatic rings. The van der Waals surface area contributed by atoms with Gasteiger partial charge in [-0.05, 0) is 16.8 Å². The predicted molar refractivity (Wildman–Crippen MR) is 78.7 cm³/mol. The SMILES string of the molecule is COCOC=C(NC(C)=O)c1ccc2ccccc2c1. The first-order valence-corrected chi connectivity index (χ1v) is 6.28. The van der Waals surface area contributed by atoms with Gasteiger partial charge in [0.1, 0.15) is 6.26 Å². The van der Waals surface area contributed by atoms with Crippen molar-refractivity contribution in [2.24, 2.45) is 0 Å². The van der Waals surface area contributed by atoms with E-state index < -0.39 is 0 Å². The third kappa shape index (κ3) is 3.59. The third-order valence-corrected chi connectivity index (χ3v) is 2.76. The maximum Gasteiger partial charge on any atom is 0.221 e. The summed E-state index contributed by atoms with van der Waals surface area (Å²) in [6, 6.07) is 14.0. The Balaban J connectivity index is 2.34. The molecule has 0 fully saturated rings. The molecule has 0 saturated heterocycles. The van der Waals surface area contributed by atoms with Gasteiger partial charge < -0.3 is 14.8 Å². The zero-order valence-corrected chi connectivity index (χ0v) is 11.6. The first-order valence-electron chi connectivity index (χ1n) is 6.28. The molecule has 4 heteroatoms. The lowest BCUT2D eigenvalue weighted by Gasteiger charge is -2.10. The average Bonchev–Trinajstić information content (AvgIpc) is 2.45. The van der Waals surface area contributed by atoms with Gasteiger partial charge in [0.2, 0.25) is 5.91 Å². The first-order chi connectivity index (χ1) is 9.70. The van der Waals surface area contributed by atoms with Crippen LogP contribution in [-0.4, -0.2) is 19.8 Å². The van der Waals surface area contributed by atoms with E-state index in [1.165, 1.54) is 13.2 Å². The van der Waals surface area contributed by atoms with Gasteiger partial charge in [0, 0.05) is 19.6 Å². The van der Waals surface area contributed by atoms with E-state index in [0.29, 0.717) is 5.70 Å². The number of rotatable bonds is 5. The molecule has 0 radical (unpaired) electrons. The number of nitrogens with one attached hydrogen (secondary N) is 1. The van der Waals surface area contributed by atoms with Gasteiger partial charge in [-0.25, -0.2) is 0 Å². The minimum atomic E-state index is -0.148. The number of fused-ring (bicyclic) bond motifs is 1. The largest absolute Gasteiger partial charge is 0.473 e. The van der Waals surface area contributed by atoms with Crippen molar-refractivity contribution in [3.8, 4) is 0 Å². The van der Waals surface area contributed by atoms with Gasteiger partial charge in [-0.3, -0.25) is 4.79 Å². The molecule has 0 aliphatic carbocycles. The van der Waals surface area contributed by atoms with E-state index in [0.717, 1.165) is 16.3 Å². The van der Waals surface area contributed by atoms with Gasteiger partial charge in [-0.1, -0.05) is 36.4 Å². The summed E-state index contributed by atoms with van der Waals surface area (Å²) in [4.78, 5) is 11.3. The maximum atomic E-state index is 11.3. The second kappa shape index (κ2) is 6.73. The Kier molecular flexibility index (Phi) is 4.74. The summed E-state index contributed by atoms with van der Waals surface area (Å²) in [5, 5.41) is 5.02. The van der Waals surface area contributed by atoms with Gasteiger partial charge in [-0.15, -0.1) is 0 Å². The summed E-state index contributed by atoms with van der Waals surface area (Å²) >= 11 is 0. The Hall–Kier alpha value is -2.33. The highest BCUT2D eigenvalue weighted by atomic mass is 16.7. The minimum absolute atomic E-state index is 0.136. The minimum Gasteiger partial charge on any atom is -0.473 e. The zero-order valence-electron chi connectivity index (χ0n) is 11.6. The first kappa shape index (κ1) is 14.1. The number of benzene rings is 2. The summed E-state index contributed by atoms with van der Waals surface area (Å²) < 4.78 is 10.0. The van der Waals surface area contributed by atoms with E-state index in [4.69, 9.17) is 9.47 Å². The normalized spacial score (nSPS) is 11.4. The van der Waals surface area contributed by atoms with Crippen molar-refractivity contribution in [3.05, 3.63) is 54.3 Å². The topological polar surface area (TPSA) is 47.6 Å². The molecular formula is C16H17NO3. The van der Waals surface area contributed by atoms with Crippen molar-refractivity contribution < 1.29 is 14.3 Å². The average molecular weight is 271 g/mol. The number of methoxy groups -OCH3 is 1. The van der Waals surface area contributed by atoms with Crippen LogP contribution >= 0.6 is 0 Å². The molecule has 0 aromatic heterocycles. The monoisotopic (exact) mass is 271 g/mol. The van der Waals surface area contributed by atoms with E-state index in [1.807, 2.05) is 42.5 Å². The van der Waals surface area contributed by atoms with Gasteiger partial charge >= 0.3 is 0 Å². The van der Waals surface area contributed by atoms with Crippen LogP contribution in [0.5, 0.6) is 0 Å². The van der Waals surface area contributed by atoms with Crippen molar-refractivity contribution in [1.29, 1.82) is 0 Å². The molecule has 0 saturated carbocycles. The van der Waals surface area contributed by atoms with E-state index in [9.17, 15) is 4.79 Å². The van der Waals surface area contributed by atoms with Gasteiger partial charge in [0.25, 0.3) is 0 Å². The van der Waals surface area contributed by atoms with Crippen LogP contribution in [0.3, 0.4) is 0 Å². The lowest BCUT2D eigenvalue weighted by Crippen LogP contribution is -2.18. The summed E-state index contributed by atoms with van der Waals surface area (Å²) in [6.07, 6.45) is 1.50. The van der Waals surface area contributed by atoms with Crippen molar-refractivity contribution in [3.63, 3.8) is 0 Å². The Morgan fingerprint density at radius 3 is 2.65 bits per heavy atom. The fraction of sp³-hybridized carbons (Fsp3) is 0.188. The lowest BCUT2D eigenvalue weighted by atomic mass is 10.1. The number of carbonyl (C=O) groups excluding carboxylic acids is 1. The van der Waals surface area contributed by atoms with Crippen LogP contribution in [-0.2, 0) is 14.3 Å². The van der Waals surface area contributed by atoms with Crippen LogP contribution in [0.2, 0.25) is 0 Å². The quantitative estimate of drug-likeness (QED) is 0.517. The van der Waals surface area contributed by atoms with Crippen LogP contribution < -0.4 is 5.32 Å². The Morgan fingerprint density at radius 2 is 1.95 bits per heavy atom. The molecule has 2 aromatic carbocycles. The van der Waals surface area contributed by atoms with Crippen molar-refractivity contribution in [2.45, 2.75) is 6.92 Å². The number of carbonyl (C=O) groups is 1. The van der Waals surface area contributed by atoms with E-state index in [-0.39, 0.29) is 12.7 Å². The van der Waals surface area contributed by atoms with E-state index in [1.54, 1.807) is 7.11 Å². The lowest BCUT2D eigenvalue weighted by molar-refractivity contribution is -0.117. The fourth-order valence-electron chi connectivity index (χ4n) is 1.90. The second-order valence-electron chi connectivity index (χ2n) is 4.35. The zero-order chi connectivity index (χ0) is 14.4. The molecule has 0 unspecified atom stereocenters. The van der Waals surface area contributed by atoms with Gasteiger partial charge in [0.05, 0.1) is 5.70 Å². The molecule has 0 heterocycles. The van der Waals surface area contributed by atoms with Crippen LogP contribution in [0.4, 0.5) is 0 Å². The number of amides is 1. The smallest absolute Gasteiger partial charge is 0.221 e. The Morgan fingerprint density at radius 1 is 1.20 bits per heavy atom. The molecule has 1 N–H and O–H groups in total. The molecule has 1 amide bonds. The molecule has 0 bridgehead atoms. The molecule has 4 nitrogen and oxygen atoms in total. The molecule has 2 rings (SSSR count). The van der Waals surface area contributed by atoms with Crippen molar-refractivity contribution >= 4 is 22.4 Å². The third-order valence-electron chi connectivity index (χ3n) is 2.76. The molecular weight excluding hydrogens is 254 g/mol. The van der Waals surface area contributed by atoms with Crippen molar-refractivity contribution in [2.75, 3.05) is 13.9 Å². The van der Waals surface area contributed by atoms with Crippen LogP contribution in [0.1, 0.15) is 12.5 Å². The maximum absolute atomic E-state index is 11.3. The predicted octanol–water partition coefficient (Wildman–Crippen LogP) is 2.89. The highest BCUT2D eigenvalue weighted by molar-refractivity contribution is 5.89. The van der Waals surface area contributed by atoms with Crippen LogP contribution in [0.15, 0.2) is 48.7 Å². The van der Waals surface area contributed by atoms with E-state index >= 15 is 0 Å². The molecule has 0 atom stereocenters. The summed E-state index contributed by atoms with van der Waals surface area (Å²) in [5.74, 6) is -0.148. The van der Waals surface area contributed by atoms with Crippen LogP contribution in [0.25, 0.3) is 16.5 Å². The second-order valence-corrected chi connectivity index (χ2v) is 4.35. The Labute approximate surface area is 118 Å². The van der Waals surface area contributed by atoms with Gasteiger partial charge in [-0.2, -0.15) is 0 Å². The highest BCUT2D eigenvalue weighted by Crippen LogP contribution is 2.20. The molecule has 0 aliphatic rings. The molecule has 0 aliphatic heterocycles. The Bertz CT molecular complexity index is 634. The molecule has 0 spiro atoms. The fourth-order valence-corrected chi connectivity index (χ4v) is 1.90. The highest BCUT2D eigenvalue weighted by Gasteiger charge is 2.05. The van der Waals surface area contributed by atoms with Gasteiger partial charge in [0.15, 0.2) is 6.79 Å². The van der Waals surface area contributed by atoms with Crippen LogP contribution in [0, 0.1) is 0 Å². The number of hydrogen-bond donors (Lipinski definition) is 1. The molecule has 20 heavy (non-hydrogen) atoms. The summed E-state index contributed by atoms with van der Waals surface area (Å²) in [5.41, 5.74) is 1.50. The number of ether oxygens (including phenoxy) is 2. The number of hydrogen-bond acceptors (Lipinski definition) is 3. The van der Waals surface area contributed by atoms with Crippen molar-refractivity contribution in [1.82, 2.24) is 5.32 Å².